The summed E-state index contributed by atoms with van der Waals surface area (Å²) in [6.45, 7) is 0. The van der Waals surface area contributed by atoms with Gasteiger partial charge < -0.3 is 34.8 Å². The van der Waals surface area contributed by atoms with Crippen LogP contribution in [0.4, 0.5) is 0 Å². The fourth-order valence-electron chi connectivity index (χ4n) is 2.12. The number of aliphatic carboxylic acids is 3. The van der Waals surface area contributed by atoms with Crippen LogP contribution in [-0.2, 0) is 92.7 Å². The molecule has 3 aromatic carbocycles. The van der Waals surface area contributed by atoms with E-state index in [1.54, 1.807) is 0 Å². The third-order valence-electron chi connectivity index (χ3n) is 3.78. The molecule has 0 saturated carbocycles. The molecule has 0 bridgehead atoms. The van der Waals surface area contributed by atoms with E-state index in [0.29, 0.717) is 0 Å². The zero-order valence-corrected chi connectivity index (χ0v) is 35.1. The van der Waals surface area contributed by atoms with Crippen molar-refractivity contribution in [2.45, 2.75) is 18.4 Å². The van der Waals surface area contributed by atoms with Crippen LogP contribution in [0.25, 0.3) is 0 Å². The Hall–Kier alpha value is -1.16. The predicted molar refractivity (Wildman–Crippen MR) is 107 cm³/mol. The number of rotatable bonds is 5. The van der Waals surface area contributed by atoms with Crippen molar-refractivity contribution in [3.8, 4) is 0 Å². The number of carbonyl (C=O) groups excluding carboxylic acids is 3. The molecule has 10 heteroatoms. The van der Waals surface area contributed by atoms with Crippen molar-refractivity contribution in [1.29, 1.82) is 0 Å². The Morgan fingerprint density at radius 2 is 0.824 bits per heavy atom. The summed E-state index contributed by atoms with van der Waals surface area (Å²) < 4.78 is 4.55. The van der Waals surface area contributed by atoms with E-state index in [1.165, 1.54) is 9.22 Å². The molecule has 7 nitrogen and oxygen atoms in total. The Bertz CT molecular complexity index is 880. The normalized spacial score (nSPS) is 9.62. The molecule has 0 unspecified atom stereocenters. The molecule has 0 fully saturated rings. The summed E-state index contributed by atoms with van der Waals surface area (Å²) in [6.07, 6.45) is -2.72. The zero-order chi connectivity index (χ0) is 26.0. The van der Waals surface area contributed by atoms with Crippen LogP contribution in [0, 0.1) is 0 Å². The Kier molecular flexibility index (Phi) is 18.4. The Balaban J connectivity index is 0.000000445. The second kappa shape index (κ2) is 19.1. The van der Waals surface area contributed by atoms with E-state index in [-0.39, 0.29) is 0 Å². The number of aliphatic hydroxyl groups is 1. The van der Waals surface area contributed by atoms with Crippen LogP contribution in [0.3, 0.4) is 0 Å². The van der Waals surface area contributed by atoms with E-state index < -0.39 is 36.4 Å². The van der Waals surface area contributed by atoms with Crippen molar-refractivity contribution in [2.24, 2.45) is 0 Å². The molecule has 0 radical (unpaired) electrons. The fourth-order valence-corrected chi connectivity index (χ4v) is 5.29. The van der Waals surface area contributed by atoms with Gasteiger partial charge in [0.2, 0.25) is 0 Å². The molecule has 164 valence electrons. The maximum atomic E-state index is 10.1. The number of carboxylic acid groups (broad SMARTS) is 3. The summed E-state index contributed by atoms with van der Waals surface area (Å²) in [4.78, 5) is 30.0. The second-order valence-corrected chi connectivity index (χ2v) is 16.4. The molecule has 0 aliphatic heterocycles. The molecule has 3 rings (SSSR count). The summed E-state index contributed by atoms with van der Waals surface area (Å²) in [5.41, 5.74) is -2.97. The summed E-state index contributed by atoms with van der Waals surface area (Å²) in [5.74, 6) is -5.98. The van der Waals surface area contributed by atoms with E-state index >= 15 is 0 Å². The van der Waals surface area contributed by atoms with Gasteiger partial charge in [-0.05, 0) is 0 Å². The topological polar surface area (TPSA) is 141 Å². The molecule has 0 amide bonds. The van der Waals surface area contributed by atoms with Crippen LogP contribution in [-0.4, -0.2) is 28.6 Å². The fraction of sp³-hybridized carbons (Fsp3) is 0.125. The van der Waals surface area contributed by atoms with Crippen LogP contribution in [0.5, 0.6) is 0 Å². The molecule has 34 heavy (non-hydrogen) atoms. The minimum atomic E-state index is -2.97. The maximum absolute atomic E-state index is 10.1. The van der Waals surface area contributed by atoms with E-state index in [2.05, 4.69) is 91.0 Å². The van der Waals surface area contributed by atoms with Gasteiger partial charge in [0, 0.05) is 24.8 Å². The molecule has 3 aromatic rings. The molecule has 0 atom stereocenters. The summed E-state index contributed by atoms with van der Waals surface area (Å²) in [5, 5.41) is 38.9. The average Bonchev–Trinajstić information content (AvgIpc) is 2.75. The van der Waals surface area contributed by atoms with Gasteiger partial charge in [-0.1, -0.05) is 0 Å². The predicted octanol–water partition coefficient (Wildman–Crippen LogP) is -2.68. The first-order valence-corrected chi connectivity index (χ1v) is 18.2. The van der Waals surface area contributed by atoms with Gasteiger partial charge in [-0.25, -0.2) is 0 Å². The SMILES string of the molecule is O=C([O-])CC(O)(CC(=O)[O-])C(=O)[O-].[Hg+][c]1ccccc1.[Hg+][c]1ccccc1.[Hg+][c]1ccccc1. The number of benzene rings is 3. The van der Waals surface area contributed by atoms with Crippen LogP contribution < -0.4 is 24.5 Å². The third-order valence-corrected chi connectivity index (χ3v) is 9.28. The van der Waals surface area contributed by atoms with Gasteiger partial charge >= 0.3 is 179 Å². The average molecular weight is 1020 g/mol. The van der Waals surface area contributed by atoms with E-state index in [4.69, 9.17) is 5.11 Å². The van der Waals surface area contributed by atoms with Gasteiger partial charge in [-0.3, -0.25) is 0 Å². The summed E-state index contributed by atoms with van der Waals surface area (Å²) >= 11 is 2.43. The van der Waals surface area contributed by atoms with E-state index in [1.807, 2.05) is 0 Å². The van der Waals surface area contributed by atoms with Crippen LogP contribution in [0.15, 0.2) is 91.0 Å². The van der Waals surface area contributed by atoms with Crippen LogP contribution in [0.1, 0.15) is 12.8 Å². The summed E-state index contributed by atoms with van der Waals surface area (Å²) in [6, 6.07) is 31.7. The molecule has 0 aliphatic carbocycles. The Labute approximate surface area is 247 Å². The van der Waals surface area contributed by atoms with Gasteiger partial charge in [-0.2, -0.15) is 0 Å². The molecule has 0 aliphatic rings. The van der Waals surface area contributed by atoms with Crippen molar-refractivity contribution in [3.63, 3.8) is 0 Å². The van der Waals surface area contributed by atoms with Gasteiger partial charge in [0.1, 0.15) is 5.60 Å². The zero-order valence-electron chi connectivity index (χ0n) is 18.6. The molecular weight excluding hydrogens is 1000 g/mol. The van der Waals surface area contributed by atoms with Crippen molar-refractivity contribution >= 4 is 27.1 Å². The van der Waals surface area contributed by atoms with Crippen molar-refractivity contribution in [1.82, 2.24) is 0 Å². The number of carboxylic acids is 3. The summed E-state index contributed by atoms with van der Waals surface area (Å²) in [7, 11) is 0. The first-order valence-electron chi connectivity index (χ1n) is 9.91. The van der Waals surface area contributed by atoms with Gasteiger partial charge in [-0.15, -0.1) is 0 Å². The molecular formula is C24H20Hg3O7. The first-order chi connectivity index (χ1) is 16.0. The number of carbonyl (C=O) groups is 3. The van der Waals surface area contributed by atoms with Gasteiger partial charge in [0.05, 0.1) is 5.97 Å². The molecule has 0 spiro atoms. The van der Waals surface area contributed by atoms with Crippen LogP contribution in [0.2, 0.25) is 0 Å². The second-order valence-electron chi connectivity index (χ2n) is 6.87. The van der Waals surface area contributed by atoms with E-state index in [0.717, 1.165) is 78.4 Å². The van der Waals surface area contributed by atoms with Crippen molar-refractivity contribution in [2.75, 3.05) is 0 Å². The monoisotopic (exact) mass is 1030 g/mol. The van der Waals surface area contributed by atoms with Crippen molar-refractivity contribution < 1.29 is 113 Å². The molecule has 0 aromatic heterocycles. The Morgan fingerprint density at radius 1 is 0.588 bits per heavy atom. The molecule has 0 heterocycles. The van der Waals surface area contributed by atoms with E-state index in [9.17, 15) is 29.7 Å². The number of hydrogen-bond acceptors (Lipinski definition) is 7. The molecule has 1 N–H and O–H groups in total. The van der Waals surface area contributed by atoms with Crippen LogP contribution >= 0.6 is 0 Å². The standard InChI is InChI=1S/C6H8O7.3C6H5.3Hg/c7-3(8)1-6(13,5(11)12)2-4(9)10;3*1-2-4-6-5-3-1;;;/h13H,1-2H2,(H,7,8)(H,9,10)(H,11,12);3*1-5H;;;/q;;;;3*+1/p-3. The third kappa shape index (κ3) is 18.2. The van der Waals surface area contributed by atoms with Gasteiger partial charge in [0.15, 0.2) is 0 Å². The first kappa shape index (κ1) is 32.8. The Morgan fingerprint density at radius 3 is 0.941 bits per heavy atom. The number of hydrogen-bond donors (Lipinski definition) is 1. The van der Waals surface area contributed by atoms with Gasteiger partial charge in [0.25, 0.3) is 0 Å². The quantitative estimate of drug-likeness (QED) is 0.275. The van der Waals surface area contributed by atoms with Crippen molar-refractivity contribution in [3.05, 3.63) is 91.0 Å². The molecule has 0 saturated heterocycles. The minimum absolute atomic E-state index is 0.810.